The first kappa shape index (κ1) is 23.1. The molecule has 1 atom stereocenters. The summed E-state index contributed by atoms with van der Waals surface area (Å²) in [7, 11) is 0. The number of benzene rings is 1. The number of ether oxygens (including phenoxy) is 2. The zero-order valence-electron chi connectivity index (χ0n) is 18.3. The molecule has 7 nitrogen and oxygen atoms in total. The summed E-state index contributed by atoms with van der Waals surface area (Å²) in [5.41, 5.74) is -0.611. The van der Waals surface area contributed by atoms with Crippen molar-refractivity contribution in [3.05, 3.63) is 45.5 Å². The molecule has 166 valence electrons. The Bertz CT molecular complexity index is 1150. The van der Waals surface area contributed by atoms with Gasteiger partial charge in [0.05, 0.1) is 15.9 Å². The number of rotatable bonds is 6. The molecule has 2 heterocycles. The van der Waals surface area contributed by atoms with Crippen molar-refractivity contribution in [2.45, 2.75) is 52.7 Å². The van der Waals surface area contributed by atoms with Crippen LogP contribution >= 0.6 is 15.9 Å². The van der Waals surface area contributed by atoms with Crippen molar-refractivity contribution in [3.63, 3.8) is 0 Å². The average Bonchev–Trinajstić information content (AvgIpc) is 2.65. The van der Waals surface area contributed by atoms with Gasteiger partial charge in [0.2, 0.25) is 0 Å². The Morgan fingerprint density at radius 2 is 1.97 bits per heavy atom. The van der Waals surface area contributed by atoms with E-state index in [4.69, 9.17) is 13.9 Å². The Morgan fingerprint density at radius 1 is 1.23 bits per heavy atom. The van der Waals surface area contributed by atoms with Crippen LogP contribution in [0.4, 0.5) is 4.79 Å². The maximum absolute atomic E-state index is 12.3. The number of hydrogen-bond donors (Lipinski definition) is 1. The van der Waals surface area contributed by atoms with Gasteiger partial charge in [0.25, 0.3) is 0 Å². The van der Waals surface area contributed by atoms with Crippen LogP contribution in [0.1, 0.15) is 41.0 Å². The van der Waals surface area contributed by atoms with Crippen LogP contribution in [0.15, 0.2) is 44.3 Å². The van der Waals surface area contributed by atoms with E-state index in [1.807, 2.05) is 26.8 Å². The van der Waals surface area contributed by atoms with Crippen LogP contribution in [-0.2, 0) is 4.74 Å². The Kier molecular flexibility index (Phi) is 6.89. The van der Waals surface area contributed by atoms with E-state index in [0.29, 0.717) is 27.1 Å². The van der Waals surface area contributed by atoms with Crippen LogP contribution in [0.25, 0.3) is 21.7 Å². The van der Waals surface area contributed by atoms with Crippen LogP contribution in [0.5, 0.6) is 5.75 Å². The first-order chi connectivity index (χ1) is 14.5. The Morgan fingerprint density at radius 3 is 2.65 bits per heavy atom. The number of amides is 1. The highest BCUT2D eigenvalue weighted by Gasteiger charge is 2.21. The molecule has 0 saturated heterocycles. The first-order valence-electron chi connectivity index (χ1n) is 10.2. The minimum atomic E-state index is -0.579. The van der Waals surface area contributed by atoms with Crippen LogP contribution in [0.3, 0.4) is 0 Å². The molecule has 0 saturated carbocycles. The maximum Gasteiger partial charge on any atom is 0.407 e. The summed E-state index contributed by atoms with van der Waals surface area (Å²) in [6, 6.07) is 5.08. The van der Waals surface area contributed by atoms with Crippen LogP contribution in [0.2, 0.25) is 0 Å². The summed E-state index contributed by atoms with van der Waals surface area (Å²) in [6.07, 6.45) is 3.37. The molecular weight excluding hydrogens is 464 g/mol. The molecule has 31 heavy (non-hydrogen) atoms. The number of halogens is 1. The number of fused-ring (bicyclic) bond motifs is 3. The van der Waals surface area contributed by atoms with Crippen molar-refractivity contribution in [1.29, 1.82) is 0 Å². The summed E-state index contributed by atoms with van der Waals surface area (Å²) in [6.45, 7) is 9.85. The summed E-state index contributed by atoms with van der Waals surface area (Å²) in [4.78, 5) is 28.5. The fraction of sp³-hybridized carbons (Fsp3) is 0.435. The average molecular weight is 491 g/mol. The van der Waals surface area contributed by atoms with Crippen LogP contribution in [0, 0.1) is 5.92 Å². The molecule has 0 aliphatic rings. The Balaban J connectivity index is 1.83. The Hall–Kier alpha value is -2.61. The molecule has 1 aromatic carbocycles. The number of carbonyl (C=O) groups excluding carboxylic acids is 1. The lowest BCUT2D eigenvalue weighted by atomic mass is 10.0. The van der Waals surface area contributed by atoms with Gasteiger partial charge in [-0.05, 0) is 61.2 Å². The summed E-state index contributed by atoms with van der Waals surface area (Å²) in [5.74, 6) is 0.866. The summed E-state index contributed by atoms with van der Waals surface area (Å²) >= 11 is 3.54. The van der Waals surface area contributed by atoms with Gasteiger partial charge >= 0.3 is 11.7 Å². The molecule has 2 aromatic heterocycles. The third kappa shape index (κ3) is 5.97. The molecule has 0 radical (unpaired) electrons. The van der Waals surface area contributed by atoms with Crippen molar-refractivity contribution >= 4 is 43.8 Å². The SMILES string of the molecule is CC(C)C[C@@H](COc1cc2oc(=O)c3cnccc3c2cc1Br)NC(=O)OC(C)(C)C. The van der Waals surface area contributed by atoms with Gasteiger partial charge in [-0.1, -0.05) is 13.8 Å². The minimum absolute atomic E-state index is 0.239. The van der Waals surface area contributed by atoms with Crippen LogP contribution < -0.4 is 15.7 Å². The molecule has 0 fully saturated rings. The minimum Gasteiger partial charge on any atom is -0.490 e. The predicted molar refractivity (Wildman–Crippen MR) is 124 cm³/mol. The summed E-state index contributed by atoms with van der Waals surface area (Å²) < 4.78 is 17.6. The van der Waals surface area contributed by atoms with E-state index in [2.05, 4.69) is 40.1 Å². The number of nitrogens with one attached hydrogen (secondary N) is 1. The van der Waals surface area contributed by atoms with Gasteiger partial charge in [0.1, 0.15) is 23.5 Å². The van der Waals surface area contributed by atoms with E-state index in [9.17, 15) is 9.59 Å². The number of alkyl carbamates (subject to hydrolysis) is 1. The smallest absolute Gasteiger partial charge is 0.407 e. The highest BCUT2D eigenvalue weighted by Crippen LogP contribution is 2.33. The van der Waals surface area contributed by atoms with Gasteiger partial charge in [-0.15, -0.1) is 0 Å². The normalized spacial score (nSPS) is 12.9. The monoisotopic (exact) mass is 490 g/mol. The molecule has 1 amide bonds. The lowest BCUT2D eigenvalue weighted by molar-refractivity contribution is 0.0480. The Labute approximate surface area is 189 Å². The van der Waals surface area contributed by atoms with Gasteiger partial charge in [-0.2, -0.15) is 0 Å². The highest BCUT2D eigenvalue weighted by molar-refractivity contribution is 9.10. The second-order valence-electron chi connectivity index (χ2n) is 8.87. The quantitative estimate of drug-likeness (QED) is 0.366. The van der Waals surface area contributed by atoms with Crippen molar-refractivity contribution in [2.75, 3.05) is 6.61 Å². The number of nitrogens with zero attached hydrogens (tertiary/aromatic N) is 1. The topological polar surface area (TPSA) is 90.7 Å². The second kappa shape index (κ2) is 9.26. The standard InChI is InChI=1S/C23H27BrN2O5/c1-13(2)8-14(26-22(28)31-23(3,4)5)12-29-20-10-19-16(9-18(20)24)15-6-7-25-11-17(15)21(27)30-19/h6-7,9-11,13-14H,8,12H2,1-5H3,(H,26,28)/t14-/m0/s1. The molecule has 8 heteroatoms. The number of pyridine rings is 1. The molecule has 0 bridgehead atoms. The van der Waals surface area contributed by atoms with Gasteiger partial charge in [-0.25, -0.2) is 9.59 Å². The van der Waals surface area contributed by atoms with Gasteiger partial charge < -0.3 is 19.2 Å². The van der Waals surface area contributed by atoms with E-state index >= 15 is 0 Å². The maximum atomic E-state index is 12.3. The number of carbonyl (C=O) groups is 1. The van der Waals surface area contributed by atoms with Crippen molar-refractivity contribution in [3.8, 4) is 5.75 Å². The lowest BCUT2D eigenvalue weighted by Gasteiger charge is -2.25. The molecule has 3 aromatic rings. The number of hydrogen-bond acceptors (Lipinski definition) is 6. The molecular formula is C23H27BrN2O5. The molecule has 3 rings (SSSR count). The van der Waals surface area contributed by atoms with E-state index < -0.39 is 17.3 Å². The van der Waals surface area contributed by atoms with E-state index in [0.717, 1.165) is 17.2 Å². The predicted octanol–water partition coefficient (Wildman–Crippen LogP) is 5.42. The lowest BCUT2D eigenvalue weighted by Crippen LogP contribution is -2.42. The van der Waals surface area contributed by atoms with E-state index in [1.165, 1.54) is 6.20 Å². The third-order valence-corrected chi connectivity index (χ3v) is 5.10. The first-order valence-corrected chi connectivity index (χ1v) is 10.9. The zero-order chi connectivity index (χ0) is 22.8. The highest BCUT2D eigenvalue weighted by atomic mass is 79.9. The van der Waals surface area contributed by atoms with Crippen molar-refractivity contribution in [2.24, 2.45) is 5.92 Å². The molecule has 0 spiro atoms. The largest absolute Gasteiger partial charge is 0.490 e. The van der Waals surface area contributed by atoms with E-state index in [1.54, 1.807) is 18.3 Å². The molecule has 0 unspecified atom stereocenters. The van der Waals surface area contributed by atoms with E-state index in [-0.39, 0.29) is 12.6 Å². The molecule has 0 aliphatic heterocycles. The van der Waals surface area contributed by atoms with Gasteiger partial charge in [0.15, 0.2) is 0 Å². The molecule has 0 aliphatic carbocycles. The molecule has 1 N–H and O–H groups in total. The summed E-state index contributed by atoms with van der Waals surface area (Å²) in [5, 5.41) is 4.85. The zero-order valence-corrected chi connectivity index (χ0v) is 19.9. The van der Waals surface area contributed by atoms with Crippen molar-refractivity contribution in [1.82, 2.24) is 10.3 Å². The van der Waals surface area contributed by atoms with Crippen LogP contribution in [-0.4, -0.2) is 29.3 Å². The third-order valence-electron chi connectivity index (χ3n) is 4.48. The fourth-order valence-electron chi connectivity index (χ4n) is 3.29. The van der Waals surface area contributed by atoms with Crippen molar-refractivity contribution < 1.29 is 18.7 Å². The van der Waals surface area contributed by atoms with Gasteiger partial charge in [0, 0.05) is 29.2 Å². The number of aromatic nitrogens is 1. The van der Waals surface area contributed by atoms with Gasteiger partial charge in [-0.3, -0.25) is 4.98 Å². The second-order valence-corrected chi connectivity index (χ2v) is 9.73. The fourth-order valence-corrected chi connectivity index (χ4v) is 3.75.